The Kier molecular flexibility index (Phi) is 6.88. The fraction of sp³-hybridized carbons (Fsp3) is 0.154. The molecule has 0 aliphatic carbocycles. The number of esters is 1. The summed E-state index contributed by atoms with van der Waals surface area (Å²) in [7, 11) is 1.51. The van der Waals surface area contributed by atoms with Crippen LogP contribution in [-0.2, 0) is 4.79 Å². The maximum absolute atomic E-state index is 13.9. The van der Waals surface area contributed by atoms with Crippen molar-refractivity contribution >= 4 is 16.9 Å². The number of carbonyl (C=O) groups excluding carboxylic acids is 1. The number of methoxy groups -OCH3 is 1. The van der Waals surface area contributed by atoms with Crippen molar-refractivity contribution in [1.82, 2.24) is 0 Å². The number of rotatable bonds is 6. The molecule has 0 fully saturated rings. The molecule has 1 unspecified atom stereocenters. The number of fused-ring (bicyclic) bond motifs is 1. The summed E-state index contributed by atoms with van der Waals surface area (Å²) in [6.07, 6.45) is -1.77. The van der Waals surface area contributed by atoms with Gasteiger partial charge in [0.1, 0.15) is 17.1 Å². The second-order valence-corrected chi connectivity index (χ2v) is 7.86. The Morgan fingerprint density at radius 3 is 2.03 bits per heavy atom. The molecule has 0 saturated heterocycles. The highest BCUT2D eigenvalue weighted by Crippen LogP contribution is 2.32. The van der Waals surface area contributed by atoms with E-state index in [9.17, 15) is 31.5 Å². The Morgan fingerprint density at radius 1 is 0.865 bits per heavy atom. The molecule has 4 aromatic rings. The third-order valence-electron chi connectivity index (χ3n) is 5.53. The molecule has 0 spiro atoms. The first-order valence-electron chi connectivity index (χ1n) is 10.6. The number of carbonyl (C=O) groups is 1. The molecular formula is C26H17F5O6. The third-order valence-corrected chi connectivity index (χ3v) is 5.53. The van der Waals surface area contributed by atoms with E-state index in [0.717, 1.165) is 6.92 Å². The molecule has 1 aromatic heterocycles. The number of benzene rings is 3. The first-order valence-corrected chi connectivity index (χ1v) is 10.6. The van der Waals surface area contributed by atoms with Crippen molar-refractivity contribution in [2.75, 3.05) is 7.11 Å². The predicted octanol–water partition coefficient (Wildman–Crippen LogP) is 5.85. The monoisotopic (exact) mass is 520 g/mol. The second kappa shape index (κ2) is 9.92. The lowest BCUT2D eigenvalue weighted by Crippen LogP contribution is -2.29. The summed E-state index contributed by atoms with van der Waals surface area (Å²) in [6, 6.07) is 10.9. The molecule has 0 radical (unpaired) electrons. The van der Waals surface area contributed by atoms with E-state index in [1.807, 2.05) is 0 Å². The number of ether oxygens (including phenoxy) is 3. The standard InChI is InChI=1S/C26H17F5O6/c1-11-16-9-8-15(10-17(16)37-26(33)18(11)13-4-6-14(34-3)7-5-13)36-25(32)12(2)35-24-22(30)20(28)19(27)21(29)23(24)31/h4-10,12H,1-3H3. The van der Waals surface area contributed by atoms with Crippen LogP contribution in [0.3, 0.4) is 0 Å². The highest BCUT2D eigenvalue weighted by molar-refractivity contribution is 5.88. The van der Waals surface area contributed by atoms with Crippen molar-refractivity contribution in [2.24, 2.45) is 0 Å². The highest BCUT2D eigenvalue weighted by atomic mass is 19.2. The van der Waals surface area contributed by atoms with Crippen LogP contribution < -0.4 is 19.8 Å². The van der Waals surface area contributed by atoms with Crippen LogP contribution in [0, 0.1) is 36.0 Å². The smallest absolute Gasteiger partial charge is 0.352 e. The van der Waals surface area contributed by atoms with Gasteiger partial charge in [0.05, 0.1) is 12.7 Å². The Morgan fingerprint density at radius 2 is 1.43 bits per heavy atom. The van der Waals surface area contributed by atoms with Crippen LogP contribution in [0.25, 0.3) is 22.1 Å². The van der Waals surface area contributed by atoms with E-state index < -0.39 is 52.5 Å². The zero-order valence-corrected chi connectivity index (χ0v) is 19.5. The molecule has 0 bridgehead atoms. The van der Waals surface area contributed by atoms with Crippen LogP contribution in [0.15, 0.2) is 51.7 Å². The van der Waals surface area contributed by atoms with Crippen LogP contribution >= 0.6 is 0 Å². The van der Waals surface area contributed by atoms with Crippen molar-refractivity contribution in [3.05, 3.63) is 87.5 Å². The van der Waals surface area contributed by atoms with Gasteiger partial charge in [0.2, 0.25) is 29.1 Å². The first-order chi connectivity index (χ1) is 17.5. The number of halogens is 5. The maximum Gasteiger partial charge on any atom is 0.352 e. The van der Waals surface area contributed by atoms with E-state index in [1.165, 1.54) is 25.3 Å². The normalized spacial score (nSPS) is 11.9. The topological polar surface area (TPSA) is 75.0 Å². The molecular weight excluding hydrogens is 503 g/mol. The van der Waals surface area contributed by atoms with Gasteiger partial charge in [-0.2, -0.15) is 8.78 Å². The van der Waals surface area contributed by atoms with Crippen molar-refractivity contribution in [3.8, 4) is 28.4 Å². The summed E-state index contributed by atoms with van der Waals surface area (Å²) in [5, 5.41) is 0.538. The lowest BCUT2D eigenvalue weighted by atomic mass is 9.99. The molecule has 4 rings (SSSR count). The van der Waals surface area contributed by atoms with Crippen molar-refractivity contribution in [3.63, 3.8) is 0 Å². The summed E-state index contributed by atoms with van der Waals surface area (Å²) in [5.41, 5.74) is 0.950. The molecule has 3 aromatic carbocycles. The predicted molar refractivity (Wildman–Crippen MR) is 121 cm³/mol. The average Bonchev–Trinajstić information content (AvgIpc) is 2.88. The van der Waals surface area contributed by atoms with Gasteiger partial charge in [-0.25, -0.2) is 22.8 Å². The molecule has 1 heterocycles. The van der Waals surface area contributed by atoms with Gasteiger partial charge in [-0.05, 0) is 49.2 Å². The van der Waals surface area contributed by atoms with Crippen LogP contribution in [0.1, 0.15) is 12.5 Å². The van der Waals surface area contributed by atoms with E-state index in [1.54, 1.807) is 31.2 Å². The van der Waals surface area contributed by atoms with E-state index in [0.29, 0.717) is 27.8 Å². The SMILES string of the molecule is COc1ccc(-c2c(C)c3ccc(OC(=O)C(C)Oc4c(F)c(F)c(F)c(F)c4F)cc3oc2=O)cc1. The van der Waals surface area contributed by atoms with Gasteiger partial charge in [0, 0.05) is 11.5 Å². The van der Waals surface area contributed by atoms with Gasteiger partial charge in [0.25, 0.3) is 0 Å². The van der Waals surface area contributed by atoms with Gasteiger partial charge in [-0.3, -0.25) is 0 Å². The summed E-state index contributed by atoms with van der Waals surface area (Å²) in [6.45, 7) is 2.71. The molecule has 0 N–H and O–H groups in total. The molecule has 11 heteroatoms. The Labute approximate surface area is 205 Å². The Bertz CT molecular complexity index is 1550. The van der Waals surface area contributed by atoms with Crippen molar-refractivity contribution in [1.29, 1.82) is 0 Å². The van der Waals surface area contributed by atoms with Crippen molar-refractivity contribution in [2.45, 2.75) is 20.0 Å². The minimum atomic E-state index is -2.36. The molecule has 0 amide bonds. The highest BCUT2D eigenvalue weighted by Gasteiger charge is 2.30. The van der Waals surface area contributed by atoms with Gasteiger partial charge >= 0.3 is 11.6 Å². The molecule has 0 aliphatic rings. The number of hydrogen-bond donors (Lipinski definition) is 0. The summed E-state index contributed by atoms with van der Waals surface area (Å²) in [5.74, 6) is -13.6. The van der Waals surface area contributed by atoms with Crippen LogP contribution in [0.4, 0.5) is 22.0 Å². The summed E-state index contributed by atoms with van der Waals surface area (Å²) >= 11 is 0. The molecule has 0 aliphatic heterocycles. The lowest BCUT2D eigenvalue weighted by Gasteiger charge is -2.16. The Balaban J connectivity index is 1.59. The fourth-order valence-corrected chi connectivity index (χ4v) is 3.60. The quantitative estimate of drug-likeness (QED) is 0.0794. The number of aryl methyl sites for hydroxylation is 1. The van der Waals surface area contributed by atoms with Crippen LogP contribution in [0.5, 0.6) is 17.2 Å². The number of hydrogen-bond acceptors (Lipinski definition) is 6. The Hall–Kier alpha value is -4.41. The molecule has 6 nitrogen and oxygen atoms in total. The van der Waals surface area contributed by atoms with Gasteiger partial charge < -0.3 is 18.6 Å². The van der Waals surface area contributed by atoms with E-state index in [2.05, 4.69) is 4.74 Å². The van der Waals surface area contributed by atoms with E-state index >= 15 is 0 Å². The summed E-state index contributed by atoms with van der Waals surface area (Å²) in [4.78, 5) is 25.1. The van der Waals surface area contributed by atoms with Gasteiger partial charge in [-0.1, -0.05) is 12.1 Å². The van der Waals surface area contributed by atoms with E-state index in [-0.39, 0.29) is 11.3 Å². The first kappa shape index (κ1) is 25.7. The van der Waals surface area contributed by atoms with E-state index in [4.69, 9.17) is 13.9 Å². The molecule has 1 atom stereocenters. The second-order valence-electron chi connectivity index (χ2n) is 7.86. The lowest BCUT2D eigenvalue weighted by molar-refractivity contribution is -0.141. The molecule has 37 heavy (non-hydrogen) atoms. The van der Waals surface area contributed by atoms with Crippen LogP contribution in [-0.4, -0.2) is 19.2 Å². The van der Waals surface area contributed by atoms with Crippen molar-refractivity contribution < 1.29 is 45.4 Å². The van der Waals surface area contributed by atoms with Gasteiger partial charge in [-0.15, -0.1) is 0 Å². The molecule has 192 valence electrons. The third kappa shape index (κ3) is 4.72. The van der Waals surface area contributed by atoms with Crippen LogP contribution in [0.2, 0.25) is 0 Å². The fourth-order valence-electron chi connectivity index (χ4n) is 3.60. The maximum atomic E-state index is 13.9. The zero-order chi connectivity index (χ0) is 27.0. The minimum absolute atomic E-state index is 0.0819. The minimum Gasteiger partial charge on any atom is -0.497 e. The average molecular weight is 520 g/mol. The van der Waals surface area contributed by atoms with Gasteiger partial charge in [0.15, 0.2) is 11.9 Å². The largest absolute Gasteiger partial charge is 0.497 e. The zero-order valence-electron chi connectivity index (χ0n) is 19.5. The molecule has 0 saturated carbocycles. The summed E-state index contributed by atoms with van der Waals surface area (Å²) < 4.78 is 88.0.